The molecule has 2 heteroatoms. The van der Waals surface area contributed by atoms with E-state index in [-0.39, 0.29) is 0 Å². The summed E-state index contributed by atoms with van der Waals surface area (Å²) in [6, 6.07) is 28.0. The smallest absolute Gasteiger partial charge is 0.0412 e. The Kier molecular flexibility index (Phi) is 4.35. The maximum Gasteiger partial charge on any atom is 0.0412 e. The molecule has 0 radical (unpaired) electrons. The Balaban J connectivity index is 1.57. The molecule has 0 N–H and O–H groups in total. The lowest BCUT2D eigenvalue weighted by Crippen LogP contribution is -2.20. The van der Waals surface area contributed by atoms with Crippen molar-refractivity contribution in [2.24, 2.45) is 5.92 Å². The molecule has 1 heterocycles. The average molecular weight is 372 g/mol. The third-order valence-electron chi connectivity index (χ3n) is 5.81. The predicted octanol–water partition coefficient (Wildman–Crippen LogP) is 5.83. The number of likely N-dealkylation sites (tertiary alicyclic amines) is 1. The molecular formula is C25H22ClN. The molecule has 0 bridgehead atoms. The minimum absolute atomic E-state index is 0.595. The Bertz CT molecular complexity index is 991. The fourth-order valence-electron chi connectivity index (χ4n) is 4.63. The first-order valence-electron chi connectivity index (χ1n) is 9.61. The van der Waals surface area contributed by atoms with E-state index < -0.39 is 0 Å². The largest absolute Gasteiger partial charge is 0.295 e. The number of rotatable bonds is 3. The van der Waals surface area contributed by atoms with Crippen LogP contribution in [0.5, 0.6) is 0 Å². The van der Waals surface area contributed by atoms with Crippen molar-refractivity contribution in [3.05, 3.63) is 112 Å². The molecule has 1 unspecified atom stereocenters. The quantitative estimate of drug-likeness (QED) is 0.559. The second-order valence-electron chi connectivity index (χ2n) is 7.62. The van der Waals surface area contributed by atoms with E-state index in [0.29, 0.717) is 5.92 Å². The Labute approximate surface area is 165 Å². The summed E-state index contributed by atoms with van der Waals surface area (Å²) in [5, 5.41) is 0.820. The van der Waals surface area contributed by atoms with Crippen LogP contribution >= 0.6 is 11.6 Å². The van der Waals surface area contributed by atoms with Crippen molar-refractivity contribution in [1.82, 2.24) is 4.90 Å². The van der Waals surface area contributed by atoms with E-state index in [9.17, 15) is 0 Å². The molecule has 1 aliphatic carbocycles. The van der Waals surface area contributed by atoms with Gasteiger partial charge in [-0.1, -0.05) is 78.3 Å². The Hall–Kier alpha value is -2.35. The van der Waals surface area contributed by atoms with E-state index in [1.165, 1.54) is 27.8 Å². The molecule has 0 saturated carbocycles. The van der Waals surface area contributed by atoms with Gasteiger partial charge in [-0.25, -0.2) is 0 Å². The fraction of sp³-hybridized carbons (Fsp3) is 0.200. The number of hydrogen-bond donors (Lipinski definition) is 0. The van der Waals surface area contributed by atoms with Gasteiger partial charge in [0.05, 0.1) is 0 Å². The summed E-state index contributed by atoms with van der Waals surface area (Å²) in [6.45, 7) is 3.18. The molecule has 5 rings (SSSR count). The number of benzene rings is 3. The van der Waals surface area contributed by atoms with E-state index in [0.717, 1.165) is 31.1 Å². The molecule has 1 nitrogen and oxygen atoms in total. The van der Waals surface area contributed by atoms with Gasteiger partial charge in [-0.2, -0.15) is 0 Å². The molecule has 27 heavy (non-hydrogen) atoms. The minimum atomic E-state index is 0.595. The summed E-state index contributed by atoms with van der Waals surface area (Å²) in [6.07, 6.45) is 1.11. The van der Waals surface area contributed by atoms with Gasteiger partial charge in [-0.05, 0) is 57.9 Å². The summed E-state index contributed by atoms with van der Waals surface area (Å²) < 4.78 is 0. The van der Waals surface area contributed by atoms with Crippen LogP contribution in [0, 0.1) is 5.92 Å². The van der Waals surface area contributed by atoms with Crippen molar-refractivity contribution in [3.63, 3.8) is 0 Å². The highest BCUT2D eigenvalue weighted by Gasteiger charge is 2.34. The van der Waals surface area contributed by atoms with Crippen molar-refractivity contribution in [1.29, 1.82) is 0 Å². The fourth-order valence-corrected chi connectivity index (χ4v) is 4.81. The summed E-state index contributed by atoms with van der Waals surface area (Å²) >= 11 is 6.38. The highest BCUT2D eigenvalue weighted by Crippen LogP contribution is 2.43. The first-order valence-corrected chi connectivity index (χ1v) is 9.99. The van der Waals surface area contributed by atoms with Crippen LogP contribution in [0.25, 0.3) is 5.57 Å². The summed E-state index contributed by atoms with van der Waals surface area (Å²) in [4.78, 5) is 2.59. The first kappa shape index (κ1) is 16.8. The van der Waals surface area contributed by atoms with Gasteiger partial charge in [0.2, 0.25) is 0 Å². The minimum Gasteiger partial charge on any atom is -0.295 e. The van der Waals surface area contributed by atoms with Crippen LogP contribution in [0.3, 0.4) is 0 Å². The summed E-state index contributed by atoms with van der Waals surface area (Å²) in [5.41, 5.74) is 8.42. The van der Waals surface area contributed by atoms with Crippen molar-refractivity contribution < 1.29 is 0 Å². The normalized spacial score (nSPS) is 19.1. The van der Waals surface area contributed by atoms with Crippen molar-refractivity contribution in [2.75, 3.05) is 13.1 Å². The lowest BCUT2D eigenvalue weighted by Gasteiger charge is -2.26. The van der Waals surface area contributed by atoms with Crippen LogP contribution in [0.2, 0.25) is 5.02 Å². The maximum atomic E-state index is 6.38. The standard InChI is InChI=1S/C25H22ClN/c26-22-12-11-20-13-21-16-27(15-18-7-3-1-4-8-18)17-24(21)25(23(20)14-22)19-9-5-2-6-10-19/h1-12,14,21H,13,15-17H2. The maximum absolute atomic E-state index is 6.38. The van der Waals surface area contributed by atoms with E-state index >= 15 is 0 Å². The molecular weight excluding hydrogens is 350 g/mol. The number of fused-ring (bicyclic) bond motifs is 2. The third kappa shape index (κ3) is 3.22. The van der Waals surface area contributed by atoms with E-state index in [2.05, 4.69) is 77.7 Å². The highest BCUT2D eigenvalue weighted by molar-refractivity contribution is 6.30. The van der Waals surface area contributed by atoms with Gasteiger partial charge in [-0.15, -0.1) is 0 Å². The number of nitrogens with zero attached hydrogens (tertiary/aromatic N) is 1. The zero-order valence-corrected chi connectivity index (χ0v) is 16.0. The van der Waals surface area contributed by atoms with Crippen LogP contribution in [0.4, 0.5) is 0 Å². The number of halogens is 1. The molecule has 3 aromatic rings. The first-order chi connectivity index (χ1) is 13.3. The van der Waals surface area contributed by atoms with E-state index in [1.54, 1.807) is 5.57 Å². The van der Waals surface area contributed by atoms with E-state index in [4.69, 9.17) is 11.6 Å². The van der Waals surface area contributed by atoms with Gasteiger partial charge < -0.3 is 0 Å². The number of hydrogen-bond acceptors (Lipinski definition) is 1. The van der Waals surface area contributed by atoms with Crippen LogP contribution in [0.1, 0.15) is 22.3 Å². The van der Waals surface area contributed by atoms with Gasteiger partial charge in [-0.3, -0.25) is 4.90 Å². The molecule has 1 aliphatic heterocycles. The molecule has 1 atom stereocenters. The van der Waals surface area contributed by atoms with Gasteiger partial charge in [0.1, 0.15) is 0 Å². The second kappa shape index (κ2) is 6.99. The Morgan fingerprint density at radius 2 is 1.63 bits per heavy atom. The molecule has 134 valence electrons. The molecule has 2 aliphatic rings. The molecule has 3 aromatic carbocycles. The Morgan fingerprint density at radius 3 is 2.41 bits per heavy atom. The Morgan fingerprint density at radius 1 is 0.889 bits per heavy atom. The van der Waals surface area contributed by atoms with E-state index in [1.807, 2.05) is 6.07 Å². The van der Waals surface area contributed by atoms with Crippen LogP contribution in [0.15, 0.2) is 84.4 Å². The van der Waals surface area contributed by atoms with Crippen LogP contribution < -0.4 is 0 Å². The monoisotopic (exact) mass is 371 g/mol. The average Bonchev–Trinajstić information content (AvgIpc) is 3.09. The van der Waals surface area contributed by atoms with Gasteiger partial charge in [0, 0.05) is 24.7 Å². The molecule has 1 fully saturated rings. The topological polar surface area (TPSA) is 3.24 Å². The van der Waals surface area contributed by atoms with Gasteiger partial charge >= 0.3 is 0 Å². The highest BCUT2D eigenvalue weighted by atomic mass is 35.5. The third-order valence-corrected chi connectivity index (χ3v) is 6.04. The van der Waals surface area contributed by atoms with Crippen molar-refractivity contribution in [3.8, 4) is 0 Å². The predicted molar refractivity (Wildman–Crippen MR) is 113 cm³/mol. The van der Waals surface area contributed by atoms with Gasteiger partial charge in [0.15, 0.2) is 0 Å². The summed E-state index contributed by atoms with van der Waals surface area (Å²) in [5.74, 6) is 0.595. The molecule has 0 spiro atoms. The lowest BCUT2D eigenvalue weighted by molar-refractivity contribution is 0.317. The SMILES string of the molecule is Clc1ccc2c(c1)C(c1ccccc1)=C1CN(Cc3ccccc3)CC1C2. The van der Waals surface area contributed by atoms with Crippen LogP contribution in [-0.4, -0.2) is 18.0 Å². The van der Waals surface area contributed by atoms with Gasteiger partial charge in [0.25, 0.3) is 0 Å². The lowest BCUT2D eigenvalue weighted by atomic mass is 9.78. The molecule has 0 amide bonds. The molecule has 0 aromatic heterocycles. The second-order valence-corrected chi connectivity index (χ2v) is 8.06. The van der Waals surface area contributed by atoms with Crippen molar-refractivity contribution >= 4 is 17.2 Å². The molecule has 1 saturated heterocycles. The van der Waals surface area contributed by atoms with Crippen molar-refractivity contribution in [2.45, 2.75) is 13.0 Å². The van der Waals surface area contributed by atoms with Crippen LogP contribution in [-0.2, 0) is 13.0 Å². The zero-order valence-electron chi connectivity index (χ0n) is 15.2. The zero-order chi connectivity index (χ0) is 18.2. The summed E-state index contributed by atoms with van der Waals surface area (Å²) in [7, 11) is 0.